The number of carbonyl (C=O) groups is 1. The molecule has 1 fully saturated rings. The Balaban J connectivity index is 1.40. The lowest BCUT2D eigenvalue weighted by Gasteiger charge is -2.31. The van der Waals surface area contributed by atoms with Crippen LogP contribution in [0.3, 0.4) is 0 Å². The number of piperidine rings is 1. The van der Waals surface area contributed by atoms with Crippen LogP contribution >= 0.6 is 0 Å². The second-order valence-electron chi connectivity index (χ2n) is 7.94. The average Bonchev–Trinajstić information content (AvgIpc) is 2.84. The van der Waals surface area contributed by atoms with Gasteiger partial charge in [0, 0.05) is 62.4 Å². The van der Waals surface area contributed by atoms with E-state index >= 15 is 0 Å². The van der Waals surface area contributed by atoms with E-state index in [1.165, 1.54) is 5.69 Å². The van der Waals surface area contributed by atoms with Crippen LogP contribution in [0.2, 0.25) is 0 Å². The maximum absolute atomic E-state index is 11.7. The Hall–Kier alpha value is -3.32. The molecule has 0 spiro atoms. The van der Waals surface area contributed by atoms with Crippen molar-refractivity contribution in [2.24, 2.45) is 5.73 Å². The number of nitrogens with zero attached hydrogens (tertiary/aromatic N) is 5. The molecule has 1 aromatic carbocycles. The number of carbonyl (C=O) groups excluding carboxylic acids is 1. The molecule has 1 aliphatic rings. The van der Waals surface area contributed by atoms with Crippen LogP contribution in [-0.4, -0.2) is 52.4 Å². The minimum absolute atomic E-state index is 0.0185. The Morgan fingerprint density at radius 2 is 1.84 bits per heavy atom. The third-order valence-corrected chi connectivity index (χ3v) is 5.80. The molecule has 3 aromatic rings. The molecule has 1 saturated heterocycles. The molecule has 160 valence electrons. The number of anilines is 1. The number of nitrogens with two attached hydrogens (primary N) is 1. The van der Waals surface area contributed by atoms with Crippen LogP contribution in [-0.2, 0) is 11.3 Å². The Morgan fingerprint density at radius 1 is 1.06 bits per heavy atom. The maximum atomic E-state index is 11.7. The molecule has 0 aliphatic carbocycles. The van der Waals surface area contributed by atoms with Gasteiger partial charge in [-0.15, -0.1) is 0 Å². The standard InChI is InChI=1S/C24H28N6O/c1-29(23(31)14-25)17-18-5-4-6-20(13-18)21-15-27-24(28-16-21)30-11-8-19(9-12-30)22-7-2-3-10-26-22/h2-7,10,13,15-16,19H,8-9,11-12,14,17,25H2,1H3. The quantitative estimate of drug-likeness (QED) is 0.665. The van der Waals surface area contributed by atoms with Crippen molar-refractivity contribution in [1.82, 2.24) is 19.9 Å². The van der Waals surface area contributed by atoms with Crippen LogP contribution < -0.4 is 10.6 Å². The van der Waals surface area contributed by atoms with E-state index in [0.717, 1.165) is 48.6 Å². The van der Waals surface area contributed by atoms with Crippen molar-refractivity contribution in [2.75, 3.05) is 31.6 Å². The van der Waals surface area contributed by atoms with Gasteiger partial charge in [-0.05, 0) is 42.2 Å². The lowest BCUT2D eigenvalue weighted by Crippen LogP contribution is -2.34. The number of benzene rings is 1. The molecule has 0 unspecified atom stereocenters. The summed E-state index contributed by atoms with van der Waals surface area (Å²) in [4.78, 5) is 29.4. The highest BCUT2D eigenvalue weighted by Gasteiger charge is 2.22. The van der Waals surface area contributed by atoms with Gasteiger partial charge in [0.25, 0.3) is 0 Å². The maximum Gasteiger partial charge on any atom is 0.236 e. The molecule has 0 radical (unpaired) electrons. The second kappa shape index (κ2) is 9.66. The van der Waals surface area contributed by atoms with E-state index in [1.807, 2.05) is 42.9 Å². The number of aromatic nitrogens is 3. The molecule has 0 atom stereocenters. The summed E-state index contributed by atoms with van der Waals surface area (Å²) in [5.74, 6) is 1.20. The van der Waals surface area contributed by atoms with Crippen LogP contribution in [0.25, 0.3) is 11.1 Å². The molecule has 0 saturated carbocycles. The summed E-state index contributed by atoms with van der Waals surface area (Å²) in [6.45, 7) is 2.40. The van der Waals surface area contributed by atoms with Gasteiger partial charge in [0.05, 0.1) is 6.54 Å². The second-order valence-corrected chi connectivity index (χ2v) is 7.94. The van der Waals surface area contributed by atoms with E-state index in [9.17, 15) is 4.79 Å². The highest BCUT2D eigenvalue weighted by molar-refractivity contribution is 5.77. The molecule has 1 aliphatic heterocycles. The van der Waals surface area contributed by atoms with Crippen LogP contribution in [0.15, 0.2) is 61.1 Å². The first-order valence-electron chi connectivity index (χ1n) is 10.7. The Bertz CT molecular complexity index is 1000. The predicted molar refractivity (Wildman–Crippen MR) is 121 cm³/mol. The van der Waals surface area contributed by atoms with Crippen molar-refractivity contribution < 1.29 is 4.79 Å². The predicted octanol–water partition coefficient (Wildman–Crippen LogP) is 2.84. The summed E-state index contributed by atoms with van der Waals surface area (Å²) in [6.07, 6.45) is 7.73. The molecular weight excluding hydrogens is 388 g/mol. The van der Waals surface area contributed by atoms with Gasteiger partial charge in [0.2, 0.25) is 11.9 Å². The van der Waals surface area contributed by atoms with Crippen molar-refractivity contribution >= 4 is 11.9 Å². The van der Waals surface area contributed by atoms with E-state index in [2.05, 4.69) is 38.1 Å². The first-order chi connectivity index (χ1) is 15.1. The fraction of sp³-hybridized carbons (Fsp3) is 0.333. The first-order valence-corrected chi connectivity index (χ1v) is 10.7. The van der Waals surface area contributed by atoms with Gasteiger partial charge in [-0.3, -0.25) is 9.78 Å². The van der Waals surface area contributed by atoms with Crippen molar-refractivity contribution in [1.29, 1.82) is 0 Å². The SMILES string of the molecule is CN(Cc1cccc(-c2cnc(N3CCC(c4ccccn4)CC3)nc2)c1)C(=O)CN. The molecular formula is C24H28N6O. The summed E-state index contributed by atoms with van der Waals surface area (Å²) in [5.41, 5.74) is 9.66. The number of pyridine rings is 1. The summed E-state index contributed by atoms with van der Waals surface area (Å²) < 4.78 is 0. The normalized spacial score (nSPS) is 14.5. The Labute approximate surface area is 183 Å². The summed E-state index contributed by atoms with van der Waals surface area (Å²) in [7, 11) is 1.76. The zero-order valence-electron chi connectivity index (χ0n) is 17.8. The van der Waals surface area contributed by atoms with Gasteiger partial charge >= 0.3 is 0 Å². The number of amides is 1. The monoisotopic (exact) mass is 416 g/mol. The molecule has 2 aromatic heterocycles. The highest BCUT2D eigenvalue weighted by atomic mass is 16.2. The largest absolute Gasteiger partial charge is 0.341 e. The van der Waals surface area contributed by atoms with Crippen molar-refractivity contribution in [3.05, 3.63) is 72.3 Å². The molecule has 3 heterocycles. The Morgan fingerprint density at radius 3 is 2.52 bits per heavy atom. The Kier molecular flexibility index (Phi) is 6.52. The minimum atomic E-state index is -0.0788. The topological polar surface area (TPSA) is 88.2 Å². The fourth-order valence-electron chi connectivity index (χ4n) is 3.99. The molecule has 4 rings (SSSR count). The van der Waals surface area contributed by atoms with Gasteiger partial charge in [0.15, 0.2) is 0 Å². The van der Waals surface area contributed by atoms with Crippen LogP contribution in [0.4, 0.5) is 5.95 Å². The van der Waals surface area contributed by atoms with Crippen molar-refractivity contribution in [2.45, 2.75) is 25.3 Å². The molecule has 1 amide bonds. The molecule has 7 nitrogen and oxygen atoms in total. The third-order valence-electron chi connectivity index (χ3n) is 5.80. The van der Waals surface area contributed by atoms with E-state index in [1.54, 1.807) is 11.9 Å². The van der Waals surface area contributed by atoms with E-state index in [0.29, 0.717) is 12.5 Å². The number of likely N-dealkylation sites (N-methyl/N-ethyl adjacent to an activating group) is 1. The lowest BCUT2D eigenvalue weighted by atomic mass is 9.93. The molecule has 7 heteroatoms. The van der Waals surface area contributed by atoms with Gasteiger partial charge in [-0.2, -0.15) is 0 Å². The summed E-state index contributed by atoms with van der Waals surface area (Å²) in [5, 5.41) is 0. The van der Waals surface area contributed by atoms with Crippen molar-refractivity contribution in [3.8, 4) is 11.1 Å². The minimum Gasteiger partial charge on any atom is -0.341 e. The van der Waals surface area contributed by atoms with Gasteiger partial charge < -0.3 is 15.5 Å². The number of hydrogen-bond donors (Lipinski definition) is 1. The van der Waals surface area contributed by atoms with E-state index < -0.39 is 0 Å². The highest BCUT2D eigenvalue weighted by Crippen LogP contribution is 2.28. The molecule has 0 bridgehead atoms. The number of rotatable bonds is 6. The van der Waals surface area contributed by atoms with E-state index in [4.69, 9.17) is 5.73 Å². The third kappa shape index (κ3) is 5.06. The molecule has 2 N–H and O–H groups in total. The smallest absolute Gasteiger partial charge is 0.236 e. The summed E-state index contributed by atoms with van der Waals surface area (Å²) in [6, 6.07) is 14.2. The summed E-state index contributed by atoms with van der Waals surface area (Å²) >= 11 is 0. The van der Waals surface area contributed by atoms with Crippen LogP contribution in [0, 0.1) is 0 Å². The van der Waals surface area contributed by atoms with Gasteiger partial charge in [-0.1, -0.05) is 24.3 Å². The van der Waals surface area contributed by atoms with Crippen molar-refractivity contribution in [3.63, 3.8) is 0 Å². The van der Waals surface area contributed by atoms with E-state index in [-0.39, 0.29) is 12.5 Å². The zero-order valence-corrected chi connectivity index (χ0v) is 17.8. The average molecular weight is 417 g/mol. The van der Waals surface area contributed by atoms with Gasteiger partial charge in [0.1, 0.15) is 0 Å². The van der Waals surface area contributed by atoms with Gasteiger partial charge in [-0.25, -0.2) is 9.97 Å². The van der Waals surface area contributed by atoms with Crippen LogP contribution in [0.1, 0.15) is 30.0 Å². The fourth-order valence-corrected chi connectivity index (χ4v) is 3.99. The first kappa shape index (κ1) is 20.9. The number of hydrogen-bond acceptors (Lipinski definition) is 6. The molecule has 31 heavy (non-hydrogen) atoms. The van der Waals surface area contributed by atoms with Crippen LogP contribution in [0.5, 0.6) is 0 Å². The zero-order chi connectivity index (χ0) is 21.6. The lowest BCUT2D eigenvalue weighted by molar-refractivity contribution is -0.128.